The third-order valence-corrected chi connectivity index (χ3v) is 3.26. The summed E-state index contributed by atoms with van der Waals surface area (Å²) in [5.41, 5.74) is 0.747. The molecule has 0 spiro atoms. The standard InChI is InChI=1S/C15H15N3O3/c16-10-1-11-17(13-7-8-13)15(19)9-4-12-2-5-14(6-3-12)18(20)21/h2-6,9,13H,1,7-8,11H2. The second-order valence-electron chi connectivity index (χ2n) is 4.85. The van der Waals surface area contributed by atoms with Gasteiger partial charge in [0.1, 0.15) is 0 Å². The lowest BCUT2D eigenvalue weighted by Crippen LogP contribution is -2.32. The van der Waals surface area contributed by atoms with Gasteiger partial charge in [-0.25, -0.2) is 0 Å². The molecule has 1 saturated carbocycles. The maximum absolute atomic E-state index is 12.1. The van der Waals surface area contributed by atoms with Crippen LogP contribution in [0.15, 0.2) is 30.3 Å². The van der Waals surface area contributed by atoms with Crippen molar-refractivity contribution in [3.8, 4) is 6.07 Å². The molecule has 6 heteroatoms. The number of hydrogen-bond acceptors (Lipinski definition) is 4. The van der Waals surface area contributed by atoms with E-state index in [4.69, 9.17) is 5.26 Å². The Morgan fingerprint density at radius 3 is 2.62 bits per heavy atom. The van der Waals surface area contributed by atoms with E-state index in [1.807, 2.05) is 6.07 Å². The van der Waals surface area contributed by atoms with Gasteiger partial charge in [0.25, 0.3) is 5.69 Å². The fourth-order valence-electron chi connectivity index (χ4n) is 2.00. The highest BCUT2D eigenvalue weighted by Crippen LogP contribution is 2.27. The van der Waals surface area contributed by atoms with E-state index in [1.165, 1.54) is 18.2 Å². The van der Waals surface area contributed by atoms with Crippen LogP contribution in [0, 0.1) is 21.4 Å². The van der Waals surface area contributed by atoms with Crippen LogP contribution in [-0.2, 0) is 4.79 Å². The number of carbonyl (C=O) groups excluding carboxylic acids is 1. The molecule has 0 N–H and O–H groups in total. The normalized spacial score (nSPS) is 13.9. The van der Waals surface area contributed by atoms with Crippen LogP contribution in [0.4, 0.5) is 5.69 Å². The van der Waals surface area contributed by atoms with Gasteiger partial charge in [0.2, 0.25) is 5.91 Å². The fourth-order valence-corrected chi connectivity index (χ4v) is 2.00. The lowest BCUT2D eigenvalue weighted by Gasteiger charge is -2.19. The number of nitrogens with zero attached hydrogens (tertiary/aromatic N) is 3. The van der Waals surface area contributed by atoms with Crippen LogP contribution < -0.4 is 0 Å². The zero-order valence-electron chi connectivity index (χ0n) is 11.4. The van der Waals surface area contributed by atoms with Crippen molar-refractivity contribution in [2.45, 2.75) is 25.3 Å². The highest BCUT2D eigenvalue weighted by atomic mass is 16.6. The molecule has 0 radical (unpaired) electrons. The summed E-state index contributed by atoms with van der Waals surface area (Å²) in [4.78, 5) is 23.9. The maximum atomic E-state index is 12.1. The molecule has 21 heavy (non-hydrogen) atoms. The van der Waals surface area contributed by atoms with E-state index in [9.17, 15) is 14.9 Å². The quantitative estimate of drug-likeness (QED) is 0.456. The third kappa shape index (κ3) is 4.14. The Kier molecular flexibility index (Phi) is 4.67. The minimum absolute atomic E-state index is 0.0205. The van der Waals surface area contributed by atoms with E-state index in [1.54, 1.807) is 23.1 Å². The number of carbonyl (C=O) groups is 1. The summed E-state index contributed by atoms with van der Waals surface area (Å²) >= 11 is 0. The Hall–Kier alpha value is -2.68. The molecule has 108 valence electrons. The van der Waals surface area contributed by atoms with Crippen molar-refractivity contribution in [3.05, 3.63) is 46.0 Å². The van der Waals surface area contributed by atoms with E-state index in [2.05, 4.69) is 0 Å². The first-order valence-corrected chi connectivity index (χ1v) is 6.72. The molecule has 0 saturated heterocycles. The molecule has 1 aliphatic rings. The topological polar surface area (TPSA) is 87.2 Å². The first-order valence-electron chi connectivity index (χ1n) is 6.72. The monoisotopic (exact) mass is 285 g/mol. The summed E-state index contributed by atoms with van der Waals surface area (Å²) in [6, 6.07) is 8.30. The van der Waals surface area contributed by atoms with Crippen LogP contribution in [-0.4, -0.2) is 28.3 Å². The van der Waals surface area contributed by atoms with Crippen molar-refractivity contribution < 1.29 is 9.72 Å². The van der Waals surface area contributed by atoms with Crippen molar-refractivity contribution in [2.24, 2.45) is 0 Å². The number of hydrogen-bond donors (Lipinski definition) is 0. The lowest BCUT2D eigenvalue weighted by atomic mass is 10.2. The van der Waals surface area contributed by atoms with Gasteiger partial charge in [-0.2, -0.15) is 5.26 Å². The predicted octanol–water partition coefficient (Wildman–Crippen LogP) is 2.51. The summed E-state index contributed by atoms with van der Waals surface area (Å²) < 4.78 is 0. The minimum atomic E-state index is -0.463. The molecule has 1 aliphatic carbocycles. The van der Waals surface area contributed by atoms with Gasteiger partial charge in [0.15, 0.2) is 0 Å². The Morgan fingerprint density at radius 2 is 2.10 bits per heavy atom. The molecule has 0 atom stereocenters. The predicted molar refractivity (Wildman–Crippen MR) is 77.1 cm³/mol. The van der Waals surface area contributed by atoms with Gasteiger partial charge < -0.3 is 4.90 Å². The number of benzene rings is 1. The summed E-state index contributed by atoms with van der Waals surface area (Å²) in [6.07, 6.45) is 5.39. The minimum Gasteiger partial charge on any atom is -0.335 e. The smallest absolute Gasteiger partial charge is 0.269 e. The molecule has 1 aromatic carbocycles. The van der Waals surface area contributed by atoms with E-state index >= 15 is 0 Å². The number of non-ortho nitro benzene ring substituents is 1. The summed E-state index contributed by atoms with van der Waals surface area (Å²) in [5.74, 6) is -0.119. The first kappa shape index (κ1) is 14.7. The van der Waals surface area contributed by atoms with Gasteiger partial charge in [0.05, 0.1) is 17.4 Å². The molecule has 2 rings (SSSR count). The summed E-state index contributed by atoms with van der Waals surface area (Å²) in [7, 11) is 0. The average molecular weight is 285 g/mol. The van der Waals surface area contributed by atoms with Gasteiger partial charge >= 0.3 is 0 Å². The molecule has 1 aromatic rings. The van der Waals surface area contributed by atoms with E-state index in [0.29, 0.717) is 13.0 Å². The summed E-state index contributed by atoms with van der Waals surface area (Å²) in [6.45, 7) is 0.449. The lowest BCUT2D eigenvalue weighted by molar-refractivity contribution is -0.384. The third-order valence-electron chi connectivity index (χ3n) is 3.26. The summed E-state index contributed by atoms with van der Waals surface area (Å²) in [5, 5.41) is 19.2. The van der Waals surface area contributed by atoms with Crippen LogP contribution in [0.3, 0.4) is 0 Å². The molecule has 1 fully saturated rings. The number of nitro benzene ring substituents is 1. The first-order chi connectivity index (χ1) is 10.1. The van der Waals surface area contributed by atoms with Gasteiger partial charge in [-0.15, -0.1) is 0 Å². The highest BCUT2D eigenvalue weighted by Gasteiger charge is 2.30. The molecule has 0 bridgehead atoms. The van der Waals surface area contributed by atoms with Crippen LogP contribution in [0.25, 0.3) is 6.08 Å². The van der Waals surface area contributed by atoms with Crippen molar-refractivity contribution in [1.82, 2.24) is 4.90 Å². The van der Waals surface area contributed by atoms with Crippen molar-refractivity contribution in [3.63, 3.8) is 0 Å². The molecule has 6 nitrogen and oxygen atoms in total. The average Bonchev–Trinajstić information content (AvgIpc) is 3.30. The number of rotatable bonds is 6. The van der Waals surface area contributed by atoms with E-state index in [0.717, 1.165) is 18.4 Å². The van der Waals surface area contributed by atoms with Gasteiger partial charge in [0, 0.05) is 30.8 Å². The second kappa shape index (κ2) is 6.66. The van der Waals surface area contributed by atoms with Crippen molar-refractivity contribution in [2.75, 3.05) is 6.54 Å². The Morgan fingerprint density at radius 1 is 1.43 bits per heavy atom. The SMILES string of the molecule is N#CCCN(C(=O)C=Cc1ccc([N+](=O)[O-])cc1)C1CC1. The zero-order valence-corrected chi connectivity index (χ0v) is 11.4. The van der Waals surface area contributed by atoms with Crippen LogP contribution in [0.2, 0.25) is 0 Å². The Bertz CT molecular complexity index is 598. The number of nitro groups is 1. The number of nitriles is 1. The Labute approximate surface area is 122 Å². The van der Waals surface area contributed by atoms with Gasteiger partial charge in [-0.3, -0.25) is 14.9 Å². The van der Waals surface area contributed by atoms with Crippen molar-refractivity contribution >= 4 is 17.7 Å². The van der Waals surface area contributed by atoms with E-state index in [-0.39, 0.29) is 17.6 Å². The number of amides is 1. The Balaban J connectivity index is 2.00. The van der Waals surface area contributed by atoms with Gasteiger partial charge in [-0.05, 0) is 36.6 Å². The fraction of sp³-hybridized carbons (Fsp3) is 0.333. The van der Waals surface area contributed by atoms with E-state index < -0.39 is 4.92 Å². The van der Waals surface area contributed by atoms with Crippen LogP contribution in [0.5, 0.6) is 0 Å². The molecular formula is C15H15N3O3. The van der Waals surface area contributed by atoms with Crippen LogP contribution in [0.1, 0.15) is 24.8 Å². The molecular weight excluding hydrogens is 270 g/mol. The molecule has 0 aliphatic heterocycles. The molecule has 0 heterocycles. The van der Waals surface area contributed by atoms with Crippen molar-refractivity contribution in [1.29, 1.82) is 5.26 Å². The van der Waals surface area contributed by atoms with Crippen LogP contribution >= 0.6 is 0 Å². The molecule has 1 amide bonds. The molecule has 0 aromatic heterocycles. The zero-order chi connectivity index (χ0) is 15.2. The largest absolute Gasteiger partial charge is 0.335 e. The molecule has 0 unspecified atom stereocenters. The maximum Gasteiger partial charge on any atom is 0.269 e. The second-order valence-corrected chi connectivity index (χ2v) is 4.85. The highest BCUT2D eigenvalue weighted by molar-refractivity contribution is 5.92. The van der Waals surface area contributed by atoms with Gasteiger partial charge in [-0.1, -0.05) is 0 Å².